The first kappa shape index (κ1) is 11.9. The standard InChI is InChI=1S/C8H16N2O3/c1-5(2)8(12)10(4)6(3)7(11)9-13/h5-6,13H,1-4H3,(H,9,11)/t6-/m1/s1. The van der Waals surface area contributed by atoms with Crippen molar-refractivity contribution in [2.75, 3.05) is 7.05 Å². The van der Waals surface area contributed by atoms with E-state index in [0.29, 0.717) is 0 Å². The Morgan fingerprint density at radius 3 is 2.08 bits per heavy atom. The number of amides is 2. The highest BCUT2D eigenvalue weighted by atomic mass is 16.5. The molecule has 0 radical (unpaired) electrons. The summed E-state index contributed by atoms with van der Waals surface area (Å²) in [5.41, 5.74) is 1.51. The van der Waals surface area contributed by atoms with Crippen LogP contribution in [0, 0.1) is 5.92 Å². The molecular formula is C8H16N2O3. The lowest BCUT2D eigenvalue weighted by Gasteiger charge is -2.24. The van der Waals surface area contributed by atoms with Crippen molar-refractivity contribution in [2.24, 2.45) is 5.92 Å². The molecule has 0 saturated heterocycles. The monoisotopic (exact) mass is 188 g/mol. The van der Waals surface area contributed by atoms with Gasteiger partial charge in [0.25, 0.3) is 5.91 Å². The molecule has 0 unspecified atom stereocenters. The minimum absolute atomic E-state index is 0.129. The number of hydrogen-bond acceptors (Lipinski definition) is 3. The first-order valence-corrected chi connectivity index (χ1v) is 4.12. The number of carbonyl (C=O) groups excluding carboxylic acids is 2. The van der Waals surface area contributed by atoms with E-state index in [1.807, 2.05) is 0 Å². The zero-order chi connectivity index (χ0) is 10.6. The summed E-state index contributed by atoms with van der Waals surface area (Å²) in [4.78, 5) is 23.6. The van der Waals surface area contributed by atoms with E-state index in [1.54, 1.807) is 20.8 Å². The number of hydroxylamine groups is 1. The predicted octanol–water partition coefficient (Wildman–Crippen LogP) is -0.00530. The van der Waals surface area contributed by atoms with Crippen molar-refractivity contribution in [1.82, 2.24) is 10.4 Å². The van der Waals surface area contributed by atoms with Crippen molar-refractivity contribution in [3.63, 3.8) is 0 Å². The molecule has 0 aromatic rings. The second kappa shape index (κ2) is 4.81. The Balaban J connectivity index is 4.33. The second-order valence-corrected chi connectivity index (χ2v) is 3.26. The highest BCUT2D eigenvalue weighted by molar-refractivity contribution is 5.87. The molecule has 5 heteroatoms. The maximum absolute atomic E-state index is 11.4. The largest absolute Gasteiger partial charge is 0.334 e. The van der Waals surface area contributed by atoms with E-state index in [1.165, 1.54) is 17.4 Å². The van der Waals surface area contributed by atoms with Crippen LogP contribution < -0.4 is 5.48 Å². The summed E-state index contributed by atoms with van der Waals surface area (Å²) in [6.07, 6.45) is 0. The topological polar surface area (TPSA) is 69.6 Å². The van der Waals surface area contributed by atoms with E-state index >= 15 is 0 Å². The van der Waals surface area contributed by atoms with Crippen LogP contribution >= 0.6 is 0 Å². The fourth-order valence-corrected chi connectivity index (χ4v) is 0.867. The minimum atomic E-state index is -0.653. The van der Waals surface area contributed by atoms with Gasteiger partial charge in [-0.3, -0.25) is 14.8 Å². The number of likely N-dealkylation sites (N-methyl/N-ethyl adjacent to an activating group) is 1. The molecule has 0 rings (SSSR count). The third-order valence-electron chi connectivity index (χ3n) is 1.91. The van der Waals surface area contributed by atoms with Crippen LogP contribution in [0.1, 0.15) is 20.8 Å². The molecule has 0 saturated carbocycles. The van der Waals surface area contributed by atoms with Crippen molar-refractivity contribution in [2.45, 2.75) is 26.8 Å². The van der Waals surface area contributed by atoms with Crippen molar-refractivity contribution in [1.29, 1.82) is 0 Å². The highest BCUT2D eigenvalue weighted by Gasteiger charge is 2.23. The first-order valence-electron chi connectivity index (χ1n) is 4.12. The minimum Gasteiger partial charge on any atom is -0.334 e. The number of hydrogen-bond donors (Lipinski definition) is 2. The van der Waals surface area contributed by atoms with E-state index in [-0.39, 0.29) is 11.8 Å². The Labute approximate surface area is 77.7 Å². The Bertz CT molecular complexity index is 204. The maximum atomic E-state index is 11.4. The molecule has 76 valence electrons. The molecule has 2 N–H and O–H groups in total. The summed E-state index contributed by atoms with van der Waals surface area (Å²) in [6, 6.07) is -0.653. The van der Waals surface area contributed by atoms with E-state index in [9.17, 15) is 9.59 Å². The van der Waals surface area contributed by atoms with Crippen LogP contribution in [-0.4, -0.2) is 35.0 Å². The third kappa shape index (κ3) is 3.02. The van der Waals surface area contributed by atoms with Gasteiger partial charge in [0, 0.05) is 13.0 Å². The zero-order valence-electron chi connectivity index (χ0n) is 8.37. The Kier molecular flexibility index (Phi) is 4.40. The summed E-state index contributed by atoms with van der Waals surface area (Å²) >= 11 is 0. The molecule has 13 heavy (non-hydrogen) atoms. The summed E-state index contributed by atoms with van der Waals surface area (Å²) in [5.74, 6) is -0.869. The molecule has 0 aliphatic rings. The van der Waals surface area contributed by atoms with E-state index in [0.717, 1.165) is 0 Å². The lowest BCUT2D eigenvalue weighted by molar-refractivity contribution is -0.144. The van der Waals surface area contributed by atoms with Gasteiger partial charge in [-0.25, -0.2) is 5.48 Å². The Hall–Kier alpha value is -1.10. The summed E-state index contributed by atoms with van der Waals surface area (Å²) in [6.45, 7) is 5.05. The van der Waals surface area contributed by atoms with Crippen LogP contribution in [0.15, 0.2) is 0 Å². The molecule has 5 nitrogen and oxygen atoms in total. The first-order chi connectivity index (χ1) is 5.91. The van der Waals surface area contributed by atoms with Crippen LogP contribution in [-0.2, 0) is 9.59 Å². The second-order valence-electron chi connectivity index (χ2n) is 3.26. The van der Waals surface area contributed by atoms with Crippen molar-refractivity contribution >= 4 is 11.8 Å². The van der Waals surface area contributed by atoms with Crippen LogP contribution in [0.3, 0.4) is 0 Å². The van der Waals surface area contributed by atoms with Crippen molar-refractivity contribution in [3.05, 3.63) is 0 Å². The van der Waals surface area contributed by atoms with Gasteiger partial charge in [0.15, 0.2) is 0 Å². The number of nitrogens with one attached hydrogen (secondary N) is 1. The average Bonchev–Trinajstić information content (AvgIpc) is 2.12. The fourth-order valence-electron chi connectivity index (χ4n) is 0.867. The average molecular weight is 188 g/mol. The molecule has 1 atom stereocenters. The van der Waals surface area contributed by atoms with Gasteiger partial charge in [-0.05, 0) is 6.92 Å². The van der Waals surface area contributed by atoms with Crippen LogP contribution in [0.2, 0.25) is 0 Å². The van der Waals surface area contributed by atoms with Crippen LogP contribution in [0.5, 0.6) is 0 Å². The Morgan fingerprint density at radius 1 is 1.31 bits per heavy atom. The maximum Gasteiger partial charge on any atom is 0.265 e. The molecule has 0 aliphatic carbocycles. The summed E-state index contributed by atoms with van der Waals surface area (Å²) in [7, 11) is 1.53. The molecule has 0 bridgehead atoms. The molecule has 0 aliphatic heterocycles. The van der Waals surface area contributed by atoms with Gasteiger partial charge < -0.3 is 4.90 Å². The molecule has 0 spiro atoms. The molecule has 0 heterocycles. The highest BCUT2D eigenvalue weighted by Crippen LogP contribution is 2.03. The number of nitrogens with zero attached hydrogens (tertiary/aromatic N) is 1. The van der Waals surface area contributed by atoms with Gasteiger partial charge >= 0.3 is 0 Å². The van der Waals surface area contributed by atoms with Gasteiger partial charge in [-0.1, -0.05) is 13.8 Å². The molecular weight excluding hydrogens is 172 g/mol. The number of rotatable bonds is 3. The molecule has 0 aromatic carbocycles. The Morgan fingerprint density at radius 2 is 1.77 bits per heavy atom. The zero-order valence-corrected chi connectivity index (χ0v) is 8.37. The molecule has 0 aromatic heterocycles. The van der Waals surface area contributed by atoms with Gasteiger partial charge in [0.1, 0.15) is 6.04 Å². The quantitative estimate of drug-likeness (QED) is 0.483. The molecule has 2 amide bonds. The van der Waals surface area contributed by atoms with Crippen LogP contribution in [0.4, 0.5) is 0 Å². The van der Waals surface area contributed by atoms with Gasteiger partial charge in [0.05, 0.1) is 0 Å². The lowest BCUT2D eigenvalue weighted by Crippen LogP contribution is -2.46. The predicted molar refractivity (Wildman–Crippen MR) is 47.0 cm³/mol. The van der Waals surface area contributed by atoms with Crippen molar-refractivity contribution in [3.8, 4) is 0 Å². The van der Waals surface area contributed by atoms with Gasteiger partial charge in [-0.2, -0.15) is 0 Å². The van der Waals surface area contributed by atoms with E-state index in [2.05, 4.69) is 0 Å². The lowest BCUT2D eigenvalue weighted by atomic mass is 10.1. The normalized spacial score (nSPS) is 12.5. The van der Waals surface area contributed by atoms with E-state index in [4.69, 9.17) is 5.21 Å². The van der Waals surface area contributed by atoms with E-state index < -0.39 is 11.9 Å². The smallest absolute Gasteiger partial charge is 0.265 e. The van der Waals surface area contributed by atoms with Gasteiger partial charge in [0.2, 0.25) is 5.91 Å². The SMILES string of the molecule is CC(C)C(=O)N(C)[C@H](C)C(=O)NO. The summed E-state index contributed by atoms with van der Waals surface area (Å²) < 4.78 is 0. The fraction of sp³-hybridized carbons (Fsp3) is 0.750. The number of carbonyl (C=O) groups is 2. The molecule has 0 fully saturated rings. The van der Waals surface area contributed by atoms with Crippen LogP contribution in [0.25, 0.3) is 0 Å². The third-order valence-corrected chi connectivity index (χ3v) is 1.91. The summed E-state index contributed by atoms with van der Waals surface area (Å²) in [5, 5.41) is 8.34. The van der Waals surface area contributed by atoms with Gasteiger partial charge in [-0.15, -0.1) is 0 Å². The van der Waals surface area contributed by atoms with Crippen molar-refractivity contribution < 1.29 is 14.8 Å².